The average Bonchev–Trinajstić information content (AvgIpc) is 3.32. The van der Waals surface area contributed by atoms with E-state index >= 15 is 0 Å². The second-order valence-corrected chi connectivity index (χ2v) is 10.0. The van der Waals surface area contributed by atoms with Crippen LogP contribution in [0, 0.1) is 0 Å². The zero-order valence-electron chi connectivity index (χ0n) is 21.5. The number of likely N-dealkylation sites (tertiary alicyclic amines) is 1. The number of piperidine rings is 1. The molecule has 1 saturated heterocycles. The Labute approximate surface area is 232 Å². The highest BCUT2D eigenvalue weighted by Gasteiger charge is 2.36. The zero-order chi connectivity index (χ0) is 28.3. The van der Waals surface area contributed by atoms with E-state index in [2.05, 4.69) is 15.0 Å². The Morgan fingerprint density at radius 1 is 1.10 bits per heavy atom. The van der Waals surface area contributed by atoms with Gasteiger partial charge in [0.2, 0.25) is 0 Å². The zero-order valence-corrected chi connectivity index (χ0v) is 22.3. The molecular weight excluding hydrogens is 543 g/mol. The smallest absolute Gasteiger partial charge is 0.416 e. The van der Waals surface area contributed by atoms with Crippen LogP contribution >= 0.6 is 11.8 Å². The van der Waals surface area contributed by atoms with Crippen molar-refractivity contribution in [2.45, 2.75) is 43.2 Å². The molecule has 12 heteroatoms. The van der Waals surface area contributed by atoms with E-state index in [-0.39, 0.29) is 35.1 Å². The molecular formula is C28H26F3N5O3S. The van der Waals surface area contributed by atoms with E-state index < -0.39 is 23.9 Å². The van der Waals surface area contributed by atoms with Gasteiger partial charge in [0.05, 0.1) is 17.3 Å². The van der Waals surface area contributed by atoms with Gasteiger partial charge in [0.25, 0.3) is 0 Å². The second-order valence-electron chi connectivity index (χ2n) is 9.23. The Balaban J connectivity index is 1.57. The number of ether oxygens (including phenoxy) is 1. The van der Waals surface area contributed by atoms with Gasteiger partial charge in [-0.05, 0) is 49.3 Å². The lowest BCUT2D eigenvalue weighted by Crippen LogP contribution is -2.40. The molecule has 1 amide bonds. The Bertz CT molecular complexity index is 1500. The molecule has 0 radical (unpaired) electrons. The summed E-state index contributed by atoms with van der Waals surface area (Å²) in [7, 11) is 0. The summed E-state index contributed by atoms with van der Waals surface area (Å²) in [6, 6.07) is 14.9. The fourth-order valence-corrected chi connectivity index (χ4v) is 5.07. The van der Waals surface area contributed by atoms with Gasteiger partial charge < -0.3 is 9.94 Å². The molecule has 1 aliphatic rings. The Morgan fingerprint density at radius 3 is 2.65 bits per heavy atom. The van der Waals surface area contributed by atoms with Crippen molar-refractivity contribution in [1.82, 2.24) is 24.6 Å². The van der Waals surface area contributed by atoms with Gasteiger partial charge >= 0.3 is 12.3 Å². The number of amides is 1. The van der Waals surface area contributed by atoms with E-state index in [0.29, 0.717) is 18.1 Å². The molecule has 8 nitrogen and oxygen atoms in total. The number of carbonyl (C=O) groups excluding carboxylic acids is 1. The standard InChI is InChI=1S/C28H26F3N5O3S/c1-40-26-32-14-13-21(33-26)24-23(19-10-7-11-20(16-19)28(29,30)31)34-25(36(24)38)22-12-5-6-15-35(22)27(37)39-17-18-8-3-2-4-9-18/h2-4,7-11,13-14,16,22,38H,5-6,12,15,17H2,1H3. The molecule has 5 rings (SSSR count). The summed E-state index contributed by atoms with van der Waals surface area (Å²) in [6.45, 7) is 0.457. The number of imidazole rings is 1. The molecule has 1 unspecified atom stereocenters. The topological polar surface area (TPSA) is 93.4 Å². The predicted octanol–water partition coefficient (Wildman–Crippen LogP) is 6.85. The van der Waals surface area contributed by atoms with Crippen molar-refractivity contribution in [3.05, 3.63) is 83.8 Å². The number of rotatable bonds is 6. The molecule has 1 fully saturated rings. The van der Waals surface area contributed by atoms with Crippen LogP contribution in [-0.4, -0.2) is 48.7 Å². The molecule has 208 valence electrons. The molecule has 0 saturated carbocycles. The minimum absolute atomic E-state index is 0.0790. The van der Waals surface area contributed by atoms with E-state index in [1.54, 1.807) is 12.3 Å². The summed E-state index contributed by atoms with van der Waals surface area (Å²) in [5.41, 5.74) is 0.628. The molecule has 0 spiro atoms. The number of benzene rings is 2. The highest BCUT2D eigenvalue weighted by Crippen LogP contribution is 2.39. The number of thioether (sulfide) groups is 1. The van der Waals surface area contributed by atoms with Gasteiger partial charge in [0, 0.05) is 18.3 Å². The summed E-state index contributed by atoms with van der Waals surface area (Å²) in [6.07, 6.45) is 0.145. The number of alkyl halides is 3. The molecule has 0 aliphatic carbocycles. The minimum Gasteiger partial charge on any atom is -0.445 e. The van der Waals surface area contributed by atoms with Gasteiger partial charge in [0.15, 0.2) is 11.0 Å². The quantitative estimate of drug-likeness (QED) is 0.154. The monoisotopic (exact) mass is 569 g/mol. The van der Waals surface area contributed by atoms with Gasteiger partial charge in [-0.1, -0.05) is 54.2 Å². The maximum Gasteiger partial charge on any atom is 0.416 e. The third-order valence-corrected chi connectivity index (χ3v) is 7.20. The summed E-state index contributed by atoms with van der Waals surface area (Å²) < 4.78 is 47.1. The molecule has 3 heterocycles. The van der Waals surface area contributed by atoms with Crippen LogP contribution in [0.2, 0.25) is 0 Å². The lowest BCUT2D eigenvalue weighted by Gasteiger charge is -2.34. The van der Waals surface area contributed by atoms with Gasteiger partial charge in [-0.25, -0.2) is 19.7 Å². The molecule has 1 N–H and O–H groups in total. The largest absolute Gasteiger partial charge is 0.445 e. The first-order chi connectivity index (χ1) is 19.3. The van der Waals surface area contributed by atoms with Crippen molar-refractivity contribution < 1.29 is 27.9 Å². The van der Waals surface area contributed by atoms with Gasteiger partial charge in [-0.3, -0.25) is 4.90 Å². The summed E-state index contributed by atoms with van der Waals surface area (Å²) in [5.74, 6) is 0.114. The van der Waals surface area contributed by atoms with E-state index in [9.17, 15) is 23.2 Å². The van der Waals surface area contributed by atoms with Crippen molar-refractivity contribution in [2.75, 3.05) is 12.8 Å². The van der Waals surface area contributed by atoms with Crippen molar-refractivity contribution in [1.29, 1.82) is 0 Å². The van der Waals surface area contributed by atoms with Gasteiger partial charge in [-0.15, -0.1) is 0 Å². The van der Waals surface area contributed by atoms with Crippen LogP contribution in [0.5, 0.6) is 0 Å². The highest BCUT2D eigenvalue weighted by atomic mass is 32.2. The second kappa shape index (κ2) is 11.6. The molecule has 0 bridgehead atoms. The molecule has 2 aromatic heterocycles. The molecule has 1 aliphatic heterocycles. The number of hydrogen-bond donors (Lipinski definition) is 1. The number of halogens is 3. The third-order valence-electron chi connectivity index (χ3n) is 6.64. The van der Waals surface area contributed by atoms with Crippen LogP contribution in [0.1, 0.15) is 42.3 Å². The van der Waals surface area contributed by atoms with Crippen LogP contribution < -0.4 is 0 Å². The number of hydrogen-bond acceptors (Lipinski definition) is 7. The van der Waals surface area contributed by atoms with Crippen LogP contribution in [0.25, 0.3) is 22.6 Å². The van der Waals surface area contributed by atoms with E-state index in [1.807, 2.05) is 30.3 Å². The van der Waals surface area contributed by atoms with Crippen LogP contribution in [-0.2, 0) is 17.5 Å². The lowest BCUT2D eigenvalue weighted by atomic mass is 10.0. The third kappa shape index (κ3) is 5.76. The lowest BCUT2D eigenvalue weighted by molar-refractivity contribution is -0.137. The molecule has 2 aromatic carbocycles. The first-order valence-corrected chi connectivity index (χ1v) is 13.8. The number of carbonyl (C=O) groups is 1. The van der Waals surface area contributed by atoms with E-state index in [1.165, 1.54) is 35.0 Å². The van der Waals surface area contributed by atoms with Crippen molar-refractivity contribution in [3.63, 3.8) is 0 Å². The first kappa shape index (κ1) is 27.5. The Hall–Kier alpha value is -4.06. The normalized spacial score (nSPS) is 15.7. The fraction of sp³-hybridized carbons (Fsp3) is 0.286. The highest BCUT2D eigenvalue weighted by molar-refractivity contribution is 7.98. The van der Waals surface area contributed by atoms with Crippen LogP contribution in [0.4, 0.5) is 18.0 Å². The number of nitrogens with zero attached hydrogens (tertiary/aromatic N) is 5. The Kier molecular flexibility index (Phi) is 7.97. The summed E-state index contributed by atoms with van der Waals surface area (Å²) >= 11 is 1.28. The van der Waals surface area contributed by atoms with Gasteiger partial charge in [0.1, 0.15) is 18.0 Å². The van der Waals surface area contributed by atoms with Crippen molar-refractivity contribution >= 4 is 17.9 Å². The Morgan fingerprint density at radius 2 is 1.90 bits per heavy atom. The van der Waals surface area contributed by atoms with Crippen molar-refractivity contribution in [3.8, 4) is 22.6 Å². The predicted molar refractivity (Wildman–Crippen MR) is 143 cm³/mol. The average molecular weight is 570 g/mol. The van der Waals surface area contributed by atoms with E-state index in [0.717, 1.165) is 35.3 Å². The number of aromatic nitrogens is 4. The maximum atomic E-state index is 13.6. The summed E-state index contributed by atoms with van der Waals surface area (Å²) in [5, 5.41) is 11.9. The fourth-order valence-electron chi connectivity index (χ4n) is 4.71. The minimum atomic E-state index is -4.57. The first-order valence-electron chi connectivity index (χ1n) is 12.6. The van der Waals surface area contributed by atoms with Crippen LogP contribution in [0.3, 0.4) is 0 Å². The van der Waals surface area contributed by atoms with E-state index in [4.69, 9.17) is 4.74 Å². The van der Waals surface area contributed by atoms with Crippen molar-refractivity contribution in [2.24, 2.45) is 0 Å². The molecule has 1 atom stereocenters. The maximum absolute atomic E-state index is 13.6. The SMILES string of the molecule is CSc1nccc(-c2c(-c3cccc(C(F)(F)F)c3)nc(C3CCCCN3C(=O)OCc3ccccc3)n2O)n1. The molecule has 40 heavy (non-hydrogen) atoms. The summed E-state index contributed by atoms with van der Waals surface area (Å²) in [4.78, 5) is 27.9. The van der Waals surface area contributed by atoms with Crippen LogP contribution in [0.15, 0.2) is 72.0 Å². The van der Waals surface area contributed by atoms with Gasteiger partial charge in [-0.2, -0.15) is 17.9 Å². The molecule has 4 aromatic rings.